The fourth-order valence-corrected chi connectivity index (χ4v) is 3.15. The van der Waals surface area contributed by atoms with Gasteiger partial charge in [0.25, 0.3) is 0 Å². The number of benzene rings is 1. The molecule has 18 heavy (non-hydrogen) atoms. The summed E-state index contributed by atoms with van der Waals surface area (Å²) in [7, 11) is 0. The van der Waals surface area contributed by atoms with E-state index in [1.54, 1.807) is 0 Å². The Hall–Kier alpha value is -1.22. The summed E-state index contributed by atoms with van der Waals surface area (Å²) in [4.78, 5) is 2.37. The minimum absolute atomic E-state index is 0.190. The quantitative estimate of drug-likeness (QED) is 0.828. The molecule has 0 aromatic heterocycles. The summed E-state index contributed by atoms with van der Waals surface area (Å²) in [6, 6.07) is 8.47. The van der Waals surface area contributed by atoms with Gasteiger partial charge in [0.2, 0.25) is 0 Å². The Bertz CT molecular complexity index is 407. The van der Waals surface area contributed by atoms with Crippen LogP contribution in [0, 0.1) is 0 Å². The molecule has 98 valence electrons. The van der Waals surface area contributed by atoms with Crippen LogP contribution in [0.5, 0.6) is 5.75 Å². The third-order valence-corrected chi connectivity index (χ3v) is 4.07. The molecule has 1 fully saturated rings. The second kappa shape index (κ2) is 5.19. The van der Waals surface area contributed by atoms with E-state index >= 15 is 0 Å². The SMILES string of the molecule is OC1CCCCC1N1CCCOc2ccccc21. The molecule has 2 aliphatic rings. The minimum atomic E-state index is -0.190. The van der Waals surface area contributed by atoms with Crippen LogP contribution in [0.4, 0.5) is 5.69 Å². The van der Waals surface area contributed by atoms with Gasteiger partial charge in [0, 0.05) is 6.54 Å². The summed E-state index contributed by atoms with van der Waals surface area (Å²) >= 11 is 0. The molecule has 0 bridgehead atoms. The summed E-state index contributed by atoms with van der Waals surface area (Å²) in [5.74, 6) is 0.966. The molecule has 0 spiro atoms. The van der Waals surface area contributed by atoms with Gasteiger partial charge in [-0.3, -0.25) is 0 Å². The molecule has 2 unspecified atom stereocenters. The van der Waals surface area contributed by atoms with Crippen LogP contribution < -0.4 is 9.64 Å². The van der Waals surface area contributed by atoms with Gasteiger partial charge in [-0.1, -0.05) is 25.0 Å². The molecule has 1 aliphatic heterocycles. The van der Waals surface area contributed by atoms with Crippen molar-refractivity contribution in [2.75, 3.05) is 18.1 Å². The Morgan fingerprint density at radius 1 is 1.11 bits per heavy atom. The smallest absolute Gasteiger partial charge is 0.142 e. The normalized spacial score (nSPS) is 28.2. The van der Waals surface area contributed by atoms with Crippen LogP contribution in [-0.2, 0) is 0 Å². The molecule has 1 aromatic carbocycles. The summed E-state index contributed by atoms with van der Waals surface area (Å²) in [6.45, 7) is 1.76. The molecule has 3 rings (SSSR count). The number of fused-ring (bicyclic) bond motifs is 1. The molecule has 1 N–H and O–H groups in total. The highest BCUT2D eigenvalue weighted by molar-refractivity contribution is 5.59. The number of hydrogen-bond acceptors (Lipinski definition) is 3. The Labute approximate surface area is 108 Å². The van der Waals surface area contributed by atoms with Gasteiger partial charge in [-0.2, -0.15) is 0 Å². The maximum absolute atomic E-state index is 10.3. The van der Waals surface area contributed by atoms with E-state index in [4.69, 9.17) is 4.74 Å². The monoisotopic (exact) mass is 247 g/mol. The van der Waals surface area contributed by atoms with Gasteiger partial charge < -0.3 is 14.7 Å². The van der Waals surface area contributed by atoms with Crippen LogP contribution in [-0.4, -0.2) is 30.4 Å². The maximum Gasteiger partial charge on any atom is 0.142 e. The topological polar surface area (TPSA) is 32.7 Å². The van der Waals surface area contributed by atoms with Crippen LogP contribution in [0.2, 0.25) is 0 Å². The van der Waals surface area contributed by atoms with E-state index in [0.29, 0.717) is 0 Å². The van der Waals surface area contributed by atoms with Gasteiger partial charge in [-0.05, 0) is 31.4 Å². The van der Waals surface area contributed by atoms with E-state index in [1.165, 1.54) is 6.42 Å². The second-order valence-electron chi connectivity index (χ2n) is 5.28. The molecule has 1 heterocycles. The van der Waals surface area contributed by atoms with Gasteiger partial charge in [-0.15, -0.1) is 0 Å². The van der Waals surface area contributed by atoms with E-state index in [9.17, 15) is 5.11 Å². The van der Waals surface area contributed by atoms with Crippen molar-refractivity contribution in [1.82, 2.24) is 0 Å². The highest BCUT2D eigenvalue weighted by Gasteiger charge is 2.30. The van der Waals surface area contributed by atoms with Crippen molar-refractivity contribution in [2.24, 2.45) is 0 Å². The predicted molar refractivity (Wildman–Crippen MR) is 72.2 cm³/mol. The third-order valence-electron chi connectivity index (χ3n) is 4.07. The summed E-state index contributed by atoms with van der Waals surface area (Å²) in [6.07, 6.45) is 5.24. The maximum atomic E-state index is 10.3. The van der Waals surface area contributed by atoms with Crippen molar-refractivity contribution in [3.05, 3.63) is 24.3 Å². The molecule has 1 aromatic rings. The highest BCUT2D eigenvalue weighted by atomic mass is 16.5. The number of nitrogens with zero attached hydrogens (tertiary/aromatic N) is 1. The van der Waals surface area contributed by atoms with E-state index in [-0.39, 0.29) is 12.1 Å². The van der Waals surface area contributed by atoms with Crippen molar-refractivity contribution in [2.45, 2.75) is 44.2 Å². The molecule has 0 saturated heterocycles. The first-order valence-corrected chi connectivity index (χ1v) is 7.03. The number of aliphatic hydroxyl groups is 1. The fourth-order valence-electron chi connectivity index (χ4n) is 3.15. The molecule has 0 radical (unpaired) electrons. The lowest BCUT2D eigenvalue weighted by molar-refractivity contribution is 0.104. The Kier molecular flexibility index (Phi) is 3.41. The average Bonchev–Trinajstić information content (AvgIpc) is 2.62. The van der Waals surface area contributed by atoms with Crippen LogP contribution in [0.3, 0.4) is 0 Å². The second-order valence-corrected chi connectivity index (χ2v) is 5.28. The number of para-hydroxylation sites is 2. The van der Waals surface area contributed by atoms with Crippen LogP contribution in [0.15, 0.2) is 24.3 Å². The van der Waals surface area contributed by atoms with Crippen LogP contribution >= 0.6 is 0 Å². The van der Waals surface area contributed by atoms with E-state index in [0.717, 1.165) is 50.3 Å². The number of anilines is 1. The molecule has 3 nitrogen and oxygen atoms in total. The molecule has 3 heteroatoms. The number of hydrogen-bond donors (Lipinski definition) is 1. The summed E-state index contributed by atoms with van der Waals surface area (Å²) in [5.41, 5.74) is 1.15. The number of ether oxygens (including phenoxy) is 1. The lowest BCUT2D eigenvalue weighted by Gasteiger charge is -2.38. The molecule has 1 saturated carbocycles. The van der Waals surface area contributed by atoms with Gasteiger partial charge in [0.15, 0.2) is 0 Å². The van der Waals surface area contributed by atoms with Crippen LogP contribution in [0.25, 0.3) is 0 Å². The predicted octanol–water partition coefficient (Wildman–Crippen LogP) is 2.58. The van der Waals surface area contributed by atoms with Gasteiger partial charge >= 0.3 is 0 Å². The van der Waals surface area contributed by atoms with E-state index in [1.807, 2.05) is 12.1 Å². The summed E-state index contributed by atoms with van der Waals surface area (Å²) < 4.78 is 5.78. The van der Waals surface area contributed by atoms with Crippen LogP contribution in [0.1, 0.15) is 32.1 Å². The molecule has 0 amide bonds. The Morgan fingerprint density at radius 2 is 1.94 bits per heavy atom. The average molecular weight is 247 g/mol. The first-order chi connectivity index (χ1) is 8.86. The fraction of sp³-hybridized carbons (Fsp3) is 0.600. The van der Waals surface area contributed by atoms with E-state index in [2.05, 4.69) is 17.0 Å². The minimum Gasteiger partial charge on any atom is -0.491 e. The number of aliphatic hydroxyl groups excluding tert-OH is 1. The lowest BCUT2D eigenvalue weighted by atomic mass is 9.91. The van der Waals surface area contributed by atoms with Crippen molar-refractivity contribution in [1.29, 1.82) is 0 Å². The van der Waals surface area contributed by atoms with Gasteiger partial charge in [-0.25, -0.2) is 0 Å². The molecular formula is C15H21NO2. The zero-order valence-electron chi connectivity index (χ0n) is 10.7. The third kappa shape index (κ3) is 2.19. The Balaban J connectivity index is 1.91. The summed E-state index contributed by atoms with van der Waals surface area (Å²) in [5, 5.41) is 10.3. The number of rotatable bonds is 1. The van der Waals surface area contributed by atoms with Crippen molar-refractivity contribution in [3.8, 4) is 5.75 Å². The first-order valence-electron chi connectivity index (χ1n) is 7.03. The van der Waals surface area contributed by atoms with E-state index < -0.39 is 0 Å². The van der Waals surface area contributed by atoms with Crippen molar-refractivity contribution in [3.63, 3.8) is 0 Å². The molecule has 2 atom stereocenters. The van der Waals surface area contributed by atoms with Gasteiger partial charge in [0.1, 0.15) is 5.75 Å². The molecular weight excluding hydrogens is 226 g/mol. The zero-order valence-corrected chi connectivity index (χ0v) is 10.7. The zero-order chi connectivity index (χ0) is 12.4. The molecule has 1 aliphatic carbocycles. The largest absolute Gasteiger partial charge is 0.491 e. The standard InChI is InChI=1S/C15H21NO2/c17-14-8-3-1-6-12(14)16-10-5-11-18-15-9-4-2-7-13(15)16/h2,4,7,9,12,14,17H,1,3,5-6,8,10-11H2. The van der Waals surface area contributed by atoms with Gasteiger partial charge in [0.05, 0.1) is 24.4 Å². The van der Waals surface area contributed by atoms with Crippen molar-refractivity contribution < 1.29 is 9.84 Å². The lowest BCUT2D eigenvalue weighted by Crippen LogP contribution is -2.46. The highest BCUT2D eigenvalue weighted by Crippen LogP contribution is 2.35. The first kappa shape index (κ1) is 11.8. The Morgan fingerprint density at radius 3 is 2.83 bits per heavy atom. The van der Waals surface area contributed by atoms with Crippen molar-refractivity contribution >= 4 is 5.69 Å².